The zero-order valence-corrected chi connectivity index (χ0v) is 13.0. The first-order valence-electron chi connectivity index (χ1n) is 7.41. The number of halogens is 1. The van der Waals surface area contributed by atoms with Gasteiger partial charge in [0, 0.05) is 12.0 Å². The van der Waals surface area contributed by atoms with E-state index in [0.717, 1.165) is 36.4 Å². The van der Waals surface area contributed by atoms with Crippen molar-refractivity contribution in [1.29, 1.82) is 0 Å². The molecule has 3 aromatic rings. The zero-order chi connectivity index (χ0) is 14.1. The summed E-state index contributed by atoms with van der Waals surface area (Å²) < 4.78 is 5.44. The molecule has 4 rings (SSSR count). The van der Waals surface area contributed by atoms with Crippen molar-refractivity contribution in [1.82, 2.24) is 15.5 Å². The van der Waals surface area contributed by atoms with Gasteiger partial charge in [-0.05, 0) is 36.2 Å². The summed E-state index contributed by atoms with van der Waals surface area (Å²) in [6, 6.07) is 14.5. The van der Waals surface area contributed by atoms with Crippen LogP contribution in [0.15, 0.2) is 47.0 Å². The van der Waals surface area contributed by atoms with Gasteiger partial charge in [-0.25, -0.2) is 0 Å². The van der Waals surface area contributed by atoms with Crippen molar-refractivity contribution in [2.24, 2.45) is 5.92 Å². The first kappa shape index (κ1) is 15.0. The minimum atomic E-state index is 0. The van der Waals surface area contributed by atoms with E-state index in [1.165, 1.54) is 11.8 Å². The van der Waals surface area contributed by atoms with Crippen molar-refractivity contribution in [3.63, 3.8) is 0 Å². The number of fused-ring (bicyclic) bond motifs is 1. The lowest BCUT2D eigenvalue weighted by atomic mass is 10.0. The Balaban J connectivity index is 0.00000144. The molecule has 0 amide bonds. The number of benzene rings is 2. The van der Waals surface area contributed by atoms with Gasteiger partial charge in [0.2, 0.25) is 11.7 Å². The fourth-order valence-corrected chi connectivity index (χ4v) is 3.00. The predicted octanol–water partition coefficient (Wildman–Crippen LogP) is 3.46. The molecule has 22 heavy (non-hydrogen) atoms. The fraction of sp³-hybridized carbons (Fsp3) is 0.294. The van der Waals surface area contributed by atoms with E-state index < -0.39 is 0 Å². The van der Waals surface area contributed by atoms with E-state index in [2.05, 4.69) is 33.7 Å². The molecule has 1 aliphatic rings. The molecule has 1 aromatic heterocycles. The van der Waals surface area contributed by atoms with Gasteiger partial charge in [0.25, 0.3) is 0 Å². The fourth-order valence-electron chi connectivity index (χ4n) is 3.00. The van der Waals surface area contributed by atoms with Crippen molar-refractivity contribution in [2.75, 3.05) is 13.1 Å². The van der Waals surface area contributed by atoms with Gasteiger partial charge < -0.3 is 9.84 Å². The van der Waals surface area contributed by atoms with E-state index in [1.54, 1.807) is 0 Å². The number of hydrogen-bond acceptors (Lipinski definition) is 4. The van der Waals surface area contributed by atoms with Crippen LogP contribution in [0.1, 0.15) is 12.3 Å². The molecule has 0 aliphatic carbocycles. The summed E-state index contributed by atoms with van der Waals surface area (Å²) in [4.78, 5) is 4.59. The molecule has 1 unspecified atom stereocenters. The Morgan fingerprint density at radius 1 is 1.14 bits per heavy atom. The average molecular weight is 316 g/mol. The van der Waals surface area contributed by atoms with E-state index in [9.17, 15) is 0 Å². The lowest BCUT2D eigenvalue weighted by Gasteiger charge is -2.02. The van der Waals surface area contributed by atoms with Crippen LogP contribution in [0.2, 0.25) is 0 Å². The summed E-state index contributed by atoms with van der Waals surface area (Å²) >= 11 is 0. The molecular formula is C17H18ClN3O. The van der Waals surface area contributed by atoms with E-state index in [1.807, 2.05) is 24.3 Å². The third kappa shape index (κ3) is 2.85. The highest BCUT2D eigenvalue weighted by Gasteiger charge is 2.19. The van der Waals surface area contributed by atoms with Crippen molar-refractivity contribution < 1.29 is 4.52 Å². The van der Waals surface area contributed by atoms with Crippen LogP contribution in [0.3, 0.4) is 0 Å². The van der Waals surface area contributed by atoms with Gasteiger partial charge in [0.1, 0.15) is 0 Å². The Morgan fingerprint density at radius 3 is 2.86 bits per heavy atom. The van der Waals surface area contributed by atoms with E-state index in [-0.39, 0.29) is 12.4 Å². The molecule has 0 bridgehead atoms. The summed E-state index contributed by atoms with van der Waals surface area (Å²) in [7, 11) is 0. The molecule has 0 spiro atoms. The third-order valence-corrected chi connectivity index (χ3v) is 4.12. The van der Waals surface area contributed by atoms with Crippen molar-refractivity contribution in [3.8, 4) is 11.4 Å². The first-order chi connectivity index (χ1) is 10.4. The van der Waals surface area contributed by atoms with E-state index >= 15 is 0 Å². The van der Waals surface area contributed by atoms with Crippen molar-refractivity contribution in [3.05, 3.63) is 48.4 Å². The van der Waals surface area contributed by atoms with Gasteiger partial charge in [-0.15, -0.1) is 12.4 Å². The molecular weight excluding hydrogens is 298 g/mol. The second-order valence-electron chi connectivity index (χ2n) is 5.60. The molecule has 2 heterocycles. The van der Waals surface area contributed by atoms with Gasteiger partial charge in [-0.1, -0.05) is 47.6 Å². The Hall–Kier alpha value is -1.91. The quantitative estimate of drug-likeness (QED) is 0.804. The maximum Gasteiger partial charge on any atom is 0.227 e. The molecule has 0 saturated carbocycles. The summed E-state index contributed by atoms with van der Waals surface area (Å²) in [5, 5.41) is 9.90. The minimum Gasteiger partial charge on any atom is -0.339 e. The number of nitrogens with one attached hydrogen (secondary N) is 1. The number of aromatic nitrogens is 2. The largest absolute Gasteiger partial charge is 0.339 e. The average Bonchev–Trinajstić information content (AvgIpc) is 3.19. The molecule has 2 aromatic carbocycles. The topological polar surface area (TPSA) is 51.0 Å². The van der Waals surface area contributed by atoms with E-state index in [4.69, 9.17) is 4.52 Å². The second-order valence-corrected chi connectivity index (χ2v) is 5.60. The van der Waals surface area contributed by atoms with Crippen LogP contribution in [-0.2, 0) is 6.42 Å². The summed E-state index contributed by atoms with van der Waals surface area (Å²) in [6.45, 7) is 2.14. The normalized spacial score (nSPS) is 17.5. The molecule has 1 aliphatic heterocycles. The highest BCUT2D eigenvalue weighted by atomic mass is 35.5. The van der Waals surface area contributed by atoms with Crippen LogP contribution >= 0.6 is 12.4 Å². The third-order valence-electron chi connectivity index (χ3n) is 4.12. The maximum atomic E-state index is 5.44. The Kier molecular flexibility index (Phi) is 4.41. The number of hydrogen-bond donors (Lipinski definition) is 1. The van der Waals surface area contributed by atoms with Crippen LogP contribution in [0.5, 0.6) is 0 Å². The van der Waals surface area contributed by atoms with Gasteiger partial charge in [-0.2, -0.15) is 4.98 Å². The molecule has 5 heteroatoms. The zero-order valence-electron chi connectivity index (χ0n) is 12.2. The lowest BCUT2D eigenvalue weighted by Crippen LogP contribution is -2.10. The summed E-state index contributed by atoms with van der Waals surface area (Å²) in [6.07, 6.45) is 2.05. The van der Waals surface area contributed by atoms with E-state index in [0.29, 0.717) is 11.7 Å². The first-order valence-corrected chi connectivity index (χ1v) is 7.41. The predicted molar refractivity (Wildman–Crippen MR) is 89.2 cm³/mol. The van der Waals surface area contributed by atoms with Crippen LogP contribution < -0.4 is 5.32 Å². The second kappa shape index (κ2) is 6.46. The number of rotatable bonds is 3. The molecule has 114 valence electrons. The van der Waals surface area contributed by atoms with Gasteiger partial charge >= 0.3 is 0 Å². The van der Waals surface area contributed by atoms with Crippen molar-refractivity contribution >= 4 is 23.2 Å². The van der Waals surface area contributed by atoms with Crippen LogP contribution in [0.25, 0.3) is 22.2 Å². The van der Waals surface area contributed by atoms with Gasteiger partial charge in [0.15, 0.2) is 0 Å². The highest BCUT2D eigenvalue weighted by Crippen LogP contribution is 2.27. The Bertz CT molecular complexity index is 760. The van der Waals surface area contributed by atoms with Crippen LogP contribution in [0.4, 0.5) is 0 Å². The highest BCUT2D eigenvalue weighted by molar-refractivity contribution is 5.94. The monoisotopic (exact) mass is 315 g/mol. The molecule has 0 radical (unpaired) electrons. The standard InChI is InChI=1S/C17H17N3O.ClH/c1-2-6-14-13(4-1)5-3-7-15(14)17-19-16(21-20-17)10-12-8-9-18-11-12;/h1-7,12,18H,8-11H2;1H. The van der Waals surface area contributed by atoms with Crippen molar-refractivity contribution in [2.45, 2.75) is 12.8 Å². The molecule has 1 atom stereocenters. The number of nitrogens with zero attached hydrogens (tertiary/aromatic N) is 2. The van der Waals surface area contributed by atoms with Gasteiger partial charge in [0.05, 0.1) is 0 Å². The summed E-state index contributed by atoms with van der Waals surface area (Å²) in [5.41, 5.74) is 1.03. The van der Waals surface area contributed by atoms with Crippen LogP contribution in [-0.4, -0.2) is 23.2 Å². The molecule has 4 nitrogen and oxygen atoms in total. The SMILES string of the molecule is Cl.c1ccc2c(-c3noc(CC4CCNC4)n3)cccc2c1. The smallest absolute Gasteiger partial charge is 0.227 e. The Morgan fingerprint density at radius 2 is 2.00 bits per heavy atom. The molecule has 1 saturated heterocycles. The lowest BCUT2D eigenvalue weighted by molar-refractivity contribution is 0.358. The maximum absolute atomic E-state index is 5.44. The molecule has 1 N–H and O–H groups in total. The Labute approximate surface area is 135 Å². The van der Waals surface area contributed by atoms with Gasteiger partial charge in [-0.3, -0.25) is 0 Å². The van der Waals surface area contributed by atoms with Crippen LogP contribution in [0, 0.1) is 5.92 Å². The molecule has 1 fully saturated rings. The minimum absolute atomic E-state index is 0. The summed E-state index contributed by atoms with van der Waals surface area (Å²) in [5.74, 6) is 2.05.